The second kappa shape index (κ2) is 2.69. The summed E-state index contributed by atoms with van der Waals surface area (Å²) in [6, 6.07) is 4.97. The summed E-state index contributed by atoms with van der Waals surface area (Å²) in [5, 5.41) is 4.17. The van der Waals surface area contributed by atoms with Crippen LogP contribution in [0.2, 0.25) is 0 Å². The molecule has 2 rings (SSSR count). The van der Waals surface area contributed by atoms with E-state index >= 15 is 0 Å². The van der Waals surface area contributed by atoms with Crippen molar-refractivity contribution in [2.24, 2.45) is 0 Å². The van der Waals surface area contributed by atoms with Gasteiger partial charge in [0.25, 0.3) is 0 Å². The molecule has 1 heterocycles. The van der Waals surface area contributed by atoms with E-state index in [1.807, 2.05) is 0 Å². The molecule has 2 N–H and O–H groups in total. The lowest BCUT2D eigenvalue weighted by Crippen LogP contribution is -2.01. The van der Waals surface area contributed by atoms with Gasteiger partial charge in [0.15, 0.2) is 0 Å². The average molecular weight is 183 g/mol. The van der Waals surface area contributed by atoms with Gasteiger partial charge in [0.05, 0.1) is 17.4 Å². The Bertz CT molecular complexity index is 436. The van der Waals surface area contributed by atoms with E-state index in [4.69, 9.17) is 5.73 Å². The maximum atomic E-state index is 12.4. The molecule has 0 aliphatic rings. The molecule has 0 amide bonds. The third kappa shape index (κ3) is 1.12. The van der Waals surface area contributed by atoms with Crippen LogP contribution in [0.25, 0.3) is 10.9 Å². The van der Waals surface area contributed by atoms with Crippen LogP contribution in [0.1, 0.15) is 6.55 Å². The number of para-hydroxylation sites is 1. The first-order valence-electron chi connectivity index (χ1n) is 3.70. The van der Waals surface area contributed by atoms with Gasteiger partial charge in [-0.15, -0.1) is 0 Å². The molecular formula is C8H7F2N3. The second-order valence-corrected chi connectivity index (χ2v) is 2.65. The number of nitrogens with zero attached hydrogens (tertiary/aromatic N) is 2. The molecule has 0 aliphatic heterocycles. The minimum Gasteiger partial charge on any atom is -0.397 e. The molecule has 0 unspecified atom stereocenters. The number of nitrogens with two attached hydrogens (primary N) is 1. The van der Waals surface area contributed by atoms with E-state index in [1.54, 1.807) is 18.2 Å². The fraction of sp³-hybridized carbons (Fsp3) is 0.125. The van der Waals surface area contributed by atoms with Crippen LogP contribution >= 0.6 is 0 Å². The van der Waals surface area contributed by atoms with Crippen LogP contribution in [0.15, 0.2) is 24.4 Å². The Balaban J connectivity index is 2.79. The number of aromatic nitrogens is 2. The van der Waals surface area contributed by atoms with Gasteiger partial charge in [0.1, 0.15) is 0 Å². The van der Waals surface area contributed by atoms with Crippen molar-refractivity contribution >= 4 is 16.6 Å². The van der Waals surface area contributed by atoms with Crippen LogP contribution in [0.4, 0.5) is 14.5 Å². The molecule has 0 aliphatic carbocycles. The number of alkyl halides is 2. The molecule has 2 aromatic rings. The SMILES string of the molecule is Nc1cccc2cnn(C(F)F)c12. The molecule has 0 spiro atoms. The Morgan fingerprint density at radius 2 is 2.15 bits per heavy atom. The largest absolute Gasteiger partial charge is 0.397 e. The smallest absolute Gasteiger partial charge is 0.333 e. The number of halogens is 2. The van der Waals surface area contributed by atoms with Gasteiger partial charge in [-0.1, -0.05) is 12.1 Å². The minimum absolute atomic E-state index is 0.289. The Morgan fingerprint density at radius 1 is 1.38 bits per heavy atom. The minimum atomic E-state index is -2.65. The summed E-state index contributed by atoms with van der Waals surface area (Å²) in [6.45, 7) is -2.65. The zero-order valence-electron chi connectivity index (χ0n) is 6.61. The van der Waals surface area contributed by atoms with Gasteiger partial charge in [-0.3, -0.25) is 0 Å². The van der Waals surface area contributed by atoms with Crippen molar-refractivity contribution < 1.29 is 8.78 Å². The van der Waals surface area contributed by atoms with Crippen molar-refractivity contribution in [1.29, 1.82) is 0 Å². The number of benzene rings is 1. The van der Waals surface area contributed by atoms with Crippen molar-refractivity contribution in [3.05, 3.63) is 24.4 Å². The Labute approximate surface area is 72.8 Å². The zero-order valence-corrected chi connectivity index (χ0v) is 6.61. The molecule has 1 aromatic heterocycles. The molecule has 0 saturated heterocycles. The normalized spacial score (nSPS) is 11.3. The highest BCUT2D eigenvalue weighted by atomic mass is 19.3. The highest BCUT2D eigenvalue weighted by Crippen LogP contribution is 2.24. The molecule has 0 atom stereocenters. The molecule has 5 heteroatoms. The summed E-state index contributed by atoms with van der Waals surface area (Å²) in [5.41, 5.74) is 6.15. The first kappa shape index (κ1) is 7.97. The Morgan fingerprint density at radius 3 is 2.85 bits per heavy atom. The van der Waals surface area contributed by atoms with E-state index in [0.717, 1.165) is 0 Å². The third-order valence-electron chi connectivity index (χ3n) is 1.83. The van der Waals surface area contributed by atoms with Gasteiger partial charge in [0, 0.05) is 5.39 Å². The maximum absolute atomic E-state index is 12.4. The monoisotopic (exact) mass is 183 g/mol. The van der Waals surface area contributed by atoms with Gasteiger partial charge in [0.2, 0.25) is 0 Å². The standard InChI is InChI=1S/C8H7F2N3/c9-8(10)13-7-5(4-12-13)2-1-3-6(7)11/h1-4,8H,11H2. The van der Waals surface area contributed by atoms with E-state index in [9.17, 15) is 8.78 Å². The van der Waals surface area contributed by atoms with Crippen LogP contribution in [0.3, 0.4) is 0 Å². The molecule has 68 valence electrons. The van der Waals surface area contributed by atoms with E-state index < -0.39 is 6.55 Å². The van der Waals surface area contributed by atoms with Crippen LogP contribution in [-0.4, -0.2) is 9.78 Å². The number of fused-ring (bicyclic) bond motifs is 1. The van der Waals surface area contributed by atoms with Gasteiger partial charge < -0.3 is 5.73 Å². The molecule has 3 nitrogen and oxygen atoms in total. The van der Waals surface area contributed by atoms with E-state index in [1.165, 1.54) is 6.20 Å². The fourth-order valence-corrected chi connectivity index (χ4v) is 1.28. The molecule has 0 radical (unpaired) electrons. The number of hydrogen-bond donors (Lipinski definition) is 1. The fourth-order valence-electron chi connectivity index (χ4n) is 1.28. The number of anilines is 1. The third-order valence-corrected chi connectivity index (χ3v) is 1.83. The quantitative estimate of drug-likeness (QED) is 0.687. The topological polar surface area (TPSA) is 43.8 Å². The maximum Gasteiger partial charge on any atom is 0.333 e. The molecular weight excluding hydrogens is 176 g/mol. The lowest BCUT2D eigenvalue weighted by atomic mass is 10.2. The van der Waals surface area contributed by atoms with Crippen LogP contribution < -0.4 is 5.73 Å². The first-order valence-corrected chi connectivity index (χ1v) is 3.70. The predicted octanol–water partition coefficient (Wildman–Crippen LogP) is 2.01. The summed E-state index contributed by atoms with van der Waals surface area (Å²) in [7, 11) is 0. The molecule has 13 heavy (non-hydrogen) atoms. The Hall–Kier alpha value is -1.65. The van der Waals surface area contributed by atoms with Gasteiger partial charge in [-0.2, -0.15) is 13.9 Å². The summed E-state index contributed by atoms with van der Waals surface area (Å²) in [4.78, 5) is 0. The molecule has 0 bridgehead atoms. The number of rotatable bonds is 1. The summed E-state index contributed by atoms with van der Waals surface area (Å²) in [6.07, 6.45) is 1.37. The molecule has 0 fully saturated rings. The zero-order chi connectivity index (χ0) is 9.42. The Kier molecular flexibility index (Phi) is 1.65. The summed E-state index contributed by atoms with van der Waals surface area (Å²) >= 11 is 0. The number of nitrogen functional groups attached to an aromatic ring is 1. The lowest BCUT2D eigenvalue weighted by Gasteiger charge is -2.02. The lowest BCUT2D eigenvalue weighted by molar-refractivity contribution is 0.0616. The highest BCUT2D eigenvalue weighted by Gasteiger charge is 2.12. The highest BCUT2D eigenvalue weighted by molar-refractivity contribution is 5.89. The van der Waals surface area contributed by atoms with Crippen molar-refractivity contribution in [3.8, 4) is 0 Å². The van der Waals surface area contributed by atoms with Crippen molar-refractivity contribution in [3.63, 3.8) is 0 Å². The van der Waals surface area contributed by atoms with Crippen molar-refractivity contribution in [2.45, 2.75) is 6.55 Å². The van der Waals surface area contributed by atoms with Crippen molar-refractivity contribution in [1.82, 2.24) is 9.78 Å². The number of hydrogen-bond acceptors (Lipinski definition) is 2. The summed E-state index contributed by atoms with van der Waals surface area (Å²) < 4.78 is 25.3. The summed E-state index contributed by atoms with van der Waals surface area (Å²) in [5.74, 6) is 0. The average Bonchev–Trinajstić information content (AvgIpc) is 2.49. The van der Waals surface area contributed by atoms with Crippen molar-refractivity contribution in [2.75, 3.05) is 5.73 Å². The van der Waals surface area contributed by atoms with Crippen LogP contribution in [-0.2, 0) is 0 Å². The molecule has 0 saturated carbocycles. The van der Waals surface area contributed by atoms with E-state index in [2.05, 4.69) is 5.10 Å². The van der Waals surface area contributed by atoms with E-state index in [0.29, 0.717) is 15.8 Å². The molecule has 1 aromatic carbocycles. The van der Waals surface area contributed by atoms with Gasteiger partial charge in [-0.25, -0.2) is 4.68 Å². The second-order valence-electron chi connectivity index (χ2n) is 2.65. The van der Waals surface area contributed by atoms with Crippen LogP contribution in [0, 0.1) is 0 Å². The van der Waals surface area contributed by atoms with Gasteiger partial charge in [-0.05, 0) is 6.07 Å². The predicted molar refractivity (Wildman–Crippen MR) is 45.4 cm³/mol. The van der Waals surface area contributed by atoms with Gasteiger partial charge >= 0.3 is 6.55 Å². The first-order chi connectivity index (χ1) is 6.20. The van der Waals surface area contributed by atoms with E-state index in [-0.39, 0.29) is 5.52 Å². The van der Waals surface area contributed by atoms with Crippen LogP contribution in [0.5, 0.6) is 0 Å².